The van der Waals surface area contributed by atoms with E-state index in [9.17, 15) is 9.90 Å². The van der Waals surface area contributed by atoms with Crippen LogP contribution in [0.3, 0.4) is 0 Å². The van der Waals surface area contributed by atoms with Crippen LogP contribution in [0.25, 0.3) is 0 Å². The molecule has 4 atom stereocenters. The van der Waals surface area contributed by atoms with Crippen LogP contribution >= 0.6 is 0 Å². The molecule has 6 heteroatoms. The largest absolute Gasteiger partial charge is 0.387 e. The number of aliphatic hydroxyl groups is 1. The zero-order valence-electron chi connectivity index (χ0n) is 17.4. The molecule has 1 unspecified atom stereocenters. The number of hydrogen-bond donors (Lipinski definition) is 3. The molecular weight excluding hydrogens is 388 g/mol. The van der Waals surface area contributed by atoms with Crippen LogP contribution in [0.15, 0.2) is 66.9 Å². The van der Waals surface area contributed by atoms with Crippen LogP contribution in [0.1, 0.15) is 48.2 Å². The van der Waals surface area contributed by atoms with Crippen molar-refractivity contribution in [3.05, 3.63) is 83.7 Å². The molecule has 1 aromatic heterocycles. The van der Waals surface area contributed by atoms with Crippen LogP contribution < -0.4 is 10.6 Å². The zero-order valence-corrected chi connectivity index (χ0v) is 17.4. The van der Waals surface area contributed by atoms with Crippen molar-refractivity contribution in [2.45, 2.75) is 56.3 Å². The molecule has 160 valence electrons. The second-order valence-electron chi connectivity index (χ2n) is 8.61. The molecule has 3 N–H and O–H groups in total. The van der Waals surface area contributed by atoms with E-state index in [1.807, 2.05) is 53.2 Å². The highest BCUT2D eigenvalue weighted by molar-refractivity contribution is 5.94. The van der Waals surface area contributed by atoms with Crippen molar-refractivity contribution in [1.82, 2.24) is 15.1 Å². The highest BCUT2D eigenvalue weighted by Crippen LogP contribution is 2.28. The van der Waals surface area contributed by atoms with E-state index in [1.54, 1.807) is 6.20 Å². The topological polar surface area (TPSA) is 79.2 Å². The van der Waals surface area contributed by atoms with E-state index in [-0.39, 0.29) is 18.0 Å². The zero-order chi connectivity index (χ0) is 21.2. The number of carbonyl (C=O) groups is 1. The van der Waals surface area contributed by atoms with E-state index in [4.69, 9.17) is 0 Å². The molecule has 1 saturated heterocycles. The molecule has 5 rings (SSSR count). The van der Waals surface area contributed by atoms with E-state index < -0.39 is 6.10 Å². The monoisotopic (exact) mass is 416 g/mol. The lowest BCUT2D eigenvalue weighted by atomic mass is 10.0. The van der Waals surface area contributed by atoms with Gasteiger partial charge in [0, 0.05) is 29.7 Å². The molecule has 6 nitrogen and oxygen atoms in total. The van der Waals surface area contributed by atoms with Gasteiger partial charge >= 0.3 is 0 Å². The third-order valence-corrected chi connectivity index (χ3v) is 6.53. The van der Waals surface area contributed by atoms with Gasteiger partial charge in [0.1, 0.15) is 6.04 Å². The number of carbonyl (C=O) groups excluding carboxylic acids is 1. The maximum atomic E-state index is 12.7. The molecule has 3 heterocycles. The number of rotatable bonds is 6. The van der Waals surface area contributed by atoms with Gasteiger partial charge in [0.2, 0.25) is 5.91 Å². The number of benzene rings is 2. The first-order valence-electron chi connectivity index (χ1n) is 11.1. The minimum absolute atomic E-state index is 0.00889. The first kappa shape index (κ1) is 20.0. The molecule has 31 heavy (non-hydrogen) atoms. The number of aromatic nitrogens is 2. The molecule has 3 aromatic rings. The van der Waals surface area contributed by atoms with Gasteiger partial charge in [-0.15, -0.1) is 0 Å². The Bertz CT molecular complexity index is 1030. The normalized spacial score (nSPS) is 23.5. The fourth-order valence-electron chi connectivity index (χ4n) is 4.85. The van der Waals surface area contributed by atoms with Gasteiger partial charge in [0.25, 0.3) is 0 Å². The van der Waals surface area contributed by atoms with Crippen molar-refractivity contribution < 1.29 is 9.90 Å². The molecule has 2 aliphatic heterocycles. The summed E-state index contributed by atoms with van der Waals surface area (Å²) in [6.07, 6.45) is 5.89. The number of anilines is 1. The van der Waals surface area contributed by atoms with Crippen molar-refractivity contribution in [1.29, 1.82) is 0 Å². The third kappa shape index (κ3) is 4.27. The van der Waals surface area contributed by atoms with Crippen LogP contribution in [0.4, 0.5) is 5.69 Å². The standard InChI is InChI=1S/C25H28N4O2/c30-24(18-4-2-1-3-5-18)22-12-10-20(27-22)16-17-6-8-19(9-7-17)28-25(31)23-13-11-21-14-15-26-29(21)23/h1-9,14-15,20,22-24,27,30H,10-13,16H2,(H,28,31)/t20-,22+,23-,24?/m0/s1. The van der Waals surface area contributed by atoms with Gasteiger partial charge in [0.05, 0.1) is 6.10 Å². The number of nitrogens with zero attached hydrogens (tertiary/aromatic N) is 2. The van der Waals surface area contributed by atoms with E-state index in [0.29, 0.717) is 6.04 Å². The molecule has 0 aliphatic carbocycles. The van der Waals surface area contributed by atoms with Crippen LogP contribution in [-0.2, 0) is 17.6 Å². The molecule has 0 radical (unpaired) electrons. The van der Waals surface area contributed by atoms with Crippen molar-refractivity contribution in [2.24, 2.45) is 0 Å². The fourth-order valence-corrected chi connectivity index (χ4v) is 4.85. The Hall–Kier alpha value is -2.96. The summed E-state index contributed by atoms with van der Waals surface area (Å²) < 4.78 is 1.83. The number of fused-ring (bicyclic) bond motifs is 1. The smallest absolute Gasteiger partial charge is 0.249 e. The first-order valence-corrected chi connectivity index (χ1v) is 11.1. The predicted molar refractivity (Wildman–Crippen MR) is 120 cm³/mol. The number of aryl methyl sites for hydroxylation is 1. The van der Waals surface area contributed by atoms with Crippen molar-refractivity contribution in [2.75, 3.05) is 5.32 Å². The summed E-state index contributed by atoms with van der Waals surface area (Å²) in [4.78, 5) is 12.7. The summed E-state index contributed by atoms with van der Waals surface area (Å²) in [7, 11) is 0. The Kier molecular flexibility index (Phi) is 5.57. The van der Waals surface area contributed by atoms with E-state index >= 15 is 0 Å². The number of hydrogen-bond acceptors (Lipinski definition) is 4. The lowest BCUT2D eigenvalue weighted by Crippen LogP contribution is -2.35. The summed E-state index contributed by atoms with van der Waals surface area (Å²) in [6, 6.07) is 20.1. The maximum absolute atomic E-state index is 12.7. The first-order chi connectivity index (χ1) is 15.2. The summed E-state index contributed by atoms with van der Waals surface area (Å²) in [5.41, 5.74) is 4.12. The molecule has 0 bridgehead atoms. The van der Waals surface area contributed by atoms with Gasteiger partial charge in [-0.25, -0.2) is 0 Å². The minimum atomic E-state index is -0.477. The Morgan fingerprint density at radius 1 is 1.10 bits per heavy atom. The minimum Gasteiger partial charge on any atom is -0.387 e. The lowest BCUT2D eigenvalue weighted by molar-refractivity contribution is -0.119. The molecule has 2 aliphatic rings. The summed E-state index contributed by atoms with van der Waals surface area (Å²) in [6.45, 7) is 0. The summed E-state index contributed by atoms with van der Waals surface area (Å²) >= 11 is 0. The van der Waals surface area contributed by atoms with Crippen molar-refractivity contribution in [3.8, 4) is 0 Å². The average Bonchev–Trinajstić information content (AvgIpc) is 3.52. The summed E-state index contributed by atoms with van der Waals surface area (Å²) in [5.74, 6) is -0.00889. The van der Waals surface area contributed by atoms with Gasteiger partial charge < -0.3 is 15.7 Å². The van der Waals surface area contributed by atoms with Gasteiger partial charge in [0.15, 0.2) is 0 Å². The SMILES string of the molecule is O=C(Nc1ccc(C[C@@H]2CC[C@H](C(O)c3ccccc3)N2)cc1)[C@@H]1CCc2ccnn21. The quantitative estimate of drug-likeness (QED) is 0.575. The highest BCUT2D eigenvalue weighted by Gasteiger charge is 2.30. The van der Waals surface area contributed by atoms with E-state index in [1.165, 1.54) is 5.56 Å². The van der Waals surface area contributed by atoms with Crippen LogP contribution in [0.2, 0.25) is 0 Å². The lowest BCUT2D eigenvalue weighted by Gasteiger charge is -2.20. The molecule has 0 saturated carbocycles. The maximum Gasteiger partial charge on any atom is 0.249 e. The molecule has 0 spiro atoms. The van der Waals surface area contributed by atoms with Crippen molar-refractivity contribution >= 4 is 11.6 Å². The second-order valence-corrected chi connectivity index (χ2v) is 8.61. The van der Waals surface area contributed by atoms with Crippen LogP contribution in [0, 0.1) is 0 Å². The predicted octanol–water partition coefficient (Wildman–Crippen LogP) is 3.41. The summed E-state index contributed by atoms with van der Waals surface area (Å²) in [5, 5.41) is 21.6. The fraction of sp³-hybridized carbons (Fsp3) is 0.360. The van der Waals surface area contributed by atoms with Gasteiger partial charge in [-0.3, -0.25) is 9.48 Å². The van der Waals surface area contributed by atoms with Crippen LogP contribution in [0.5, 0.6) is 0 Å². The van der Waals surface area contributed by atoms with Gasteiger partial charge in [-0.1, -0.05) is 42.5 Å². The Labute approximate surface area is 182 Å². The van der Waals surface area contributed by atoms with Crippen LogP contribution in [-0.4, -0.2) is 32.9 Å². The van der Waals surface area contributed by atoms with E-state index in [2.05, 4.69) is 27.9 Å². The van der Waals surface area contributed by atoms with E-state index in [0.717, 1.165) is 49.0 Å². The second kappa shape index (κ2) is 8.65. The Balaban J connectivity index is 1.15. The Morgan fingerprint density at radius 2 is 1.90 bits per heavy atom. The highest BCUT2D eigenvalue weighted by atomic mass is 16.3. The number of amides is 1. The van der Waals surface area contributed by atoms with Gasteiger partial charge in [-0.05, 0) is 61.4 Å². The van der Waals surface area contributed by atoms with Gasteiger partial charge in [-0.2, -0.15) is 5.10 Å². The van der Waals surface area contributed by atoms with Crippen molar-refractivity contribution in [3.63, 3.8) is 0 Å². The Morgan fingerprint density at radius 3 is 2.71 bits per heavy atom. The molecule has 1 fully saturated rings. The third-order valence-electron chi connectivity index (χ3n) is 6.53. The molecule has 1 amide bonds. The molecule has 2 aromatic carbocycles. The molecular formula is C25H28N4O2. The average molecular weight is 417 g/mol. The number of nitrogens with one attached hydrogen (secondary N) is 2. The number of aliphatic hydroxyl groups excluding tert-OH is 1.